The summed E-state index contributed by atoms with van der Waals surface area (Å²) in [7, 11) is 0. The average Bonchev–Trinajstić information content (AvgIpc) is 3.17. The van der Waals surface area contributed by atoms with Crippen molar-refractivity contribution < 1.29 is 14.3 Å². The van der Waals surface area contributed by atoms with Crippen LogP contribution in [0.2, 0.25) is 10.0 Å². The van der Waals surface area contributed by atoms with Crippen LogP contribution >= 0.6 is 23.2 Å². The van der Waals surface area contributed by atoms with Gasteiger partial charge in [0.2, 0.25) is 5.91 Å². The Labute approximate surface area is 179 Å². The summed E-state index contributed by atoms with van der Waals surface area (Å²) in [5.41, 5.74) is 1.69. The van der Waals surface area contributed by atoms with Gasteiger partial charge in [-0.15, -0.1) is 0 Å². The van der Waals surface area contributed by atoms with Crippen molar-refractivity contribution in [2.75, 3.05) is 26.2 Å². The third-order valence-electron chi connectivity index (χ3n) is 4.50. The molecule has 0 saturated carbocycles. The zero-order valence-electron chi connectivity index (χ0n) is 16.0. The number of ether oxygens (including phenoxy) is 1. The predicted octanol–water partition coefficient (Wildman–Crippen LogP) is 2.55. The highest BCUT2D eigenvalue weighted by atomic mass is 35.5. The number of benzene rings is 1. The van der Waals surface area contributed by atoms with E-state index in [4.69, 9.17) is 27.9 Å². The Balaban J connectivity index is 1.40. The summed E-state index contributed by atoms with van der Waals surface area (Å²) in [6.07, 6.45) is 1.46. The third kappa shape index (κ3) is 6.43. The van der Waals surface area contributed by atoms with Gasteiger partial charge in [-0.2, -0.15) is 5.10 Å². The molecule has 2 amide bonds. The van der Waals surface area contributed by atoms with E-state index in [0.717, 1.165) is 18.7 Å². The van der Waals surface area contributed by atoms with E-state index in [-0.39, 0.29) is 24.6 Å². The Hall–Kier alpha value is -2.13. The Bertz CT molecular complexity index is 873. The highest BCUT2D eigenvalue weighted by Crippen LogP contribution is 2.23. The summed E-state index contributed by atoms with van der Waals surface area (Å²) in [5.74, 6) is -0.180. The predicted molar refractivity (Wildman–Crippen MR) is 110 cm³/mol. The van der Waals surface area contributed by atoms with E-state index in [0.29, 0.717) is 35.4 Å². The van der Waals surface area contributed by atoms with Crippen molar-refractivity contribution in [2.45, 2.75) is 26.1 Å². The molecule has 2 N–H and O–H groups in total. The first kappa shape index (κ1) is 21.6. The number of hydrogen-bond acceptors (Lipinski definition) is 5. The Morgan fingerprint density at radius 3 is 2.79 bits per heavy atom. The molecule has 1 fully saturated rings. The summed E-state index contributed by atoms with van der Waals surface area (Å²) in [6, 6.07) is 6.99. The zero-order valence-corrected chi connectivity index (χ0v) is 17.5. The van der Waals surface area contributed by atoms with Crippen molar-refractivity contribution in [1.82, 2.24) is 25.3 Å². The Kier molecular flexibility index (Phi) is 7.49. The first-order chi connectivity index (χ1) is 13.9. The molecule has 0 bridgehead atoms. The van der Waals surface area contributed by atoms with Gasteiger partial charge in [0.05, 0.1) is 35.0 Å². The third-order valence-corrected chi connectivity index (χ3v) is 5.24. The Morgan fingerprint density at radius 2 is 2.07 bits per heavy atom. The molecule has 1 aromatic heterocycles. The number of hydrogen-bond donors (Lipinski definition) is 2. The molecule has 2 aromatic rings. The monoisotopic (exact) mass is 439 g/mol. The number of urea groups is 1. The van der Waals surface area contributed by atoms with Crippen LogP contribution in [0.5, 0.6) is 0 Å². The molecular formula is C19H23Cl2N5O3. The fourth-order valence-corrected chi connectivity index (χ4v) is 3.34. The number of carbonyl (C=O) groups excluding carboxylic acids is 2. The van der Waals surface area contributed by atoms with Gasteiger partial charge in [-0.25, -0.2) is 9.48 Å². The van der Waals surface area contributed by atoms with Crippen LogP contribution in [0.25, 0.3) is 0 Å². The molecule has 1 aliphatic heterocycles. The molecule has 1 saturated heterocycles. The van der Waals surface area contributed by atoms with Crippen LogP contribution in [-0.2, 0) is 17.8 Å². The molecule has 29 heavy (non-hydrogen) atoms. The minimum Gasteiger partial charge on any atom is -0.374 e. The molecule has 0 aliphatic carbocycles. The minimum atomic E-state index is -0.312. The van der Waals surface area contributed by atoms with Gasteiger partial charge in [0.1, 0.15) is 0 Å². The van der Waals surface area contributed by atoms with E-state index in [1.807, 2.05) is 12.1 Å². The lowest BCUT2D eigenvalue weighted by atomic mass is 10.2. The highest BCUT2D eigenvalue weighted by molar-refractivity contribution is 6.42. The number of nitrogens with one attached hydrogen (secondary N) is 2. The van der Waals surface area contributed by atoms with Gasteiger partial charge in [-0.3, -0.25) is 9.69 Å². The van der Waals surface area contributed by atoms with Crippen molar-refractivity contribution in [3.63, 3.8) is 0 Å². The number of rotatable bonds is 6. The molecule has 1 atom stereocenters. The average molecular weight is 440 g/mol. The van der Waals surface area contributed by atoms with Gasteiger partial charge in [0.25, 0.3) is 0 Å². The molecule has 3 rings (SSSR count). The minimum absolute atomic E-state index is 0.103. The fraction of sp³-hybridized carbons (Fsp3) is 0.421. The van der Waals surface area contributed by atoms with Gasteiger partial charge in [0, 0.05) is 39.3 Å². The number of nitrogens with zero attached hydrogens (tertiary/aromatic N) is 3. The van der Waals surface area contributed by atoms with Crippen LogP contribution in [0.1, 0.15) is 23.0 Å². The van der Waals surface area contributed by atoms with Crippen molar-refractivity contribution in [2.24, 2.45) is 0 Å². The maximum atomic E-state index is 12.0. The van der Waals surface area contributed by atoms with Gasteiger partial charge >= 0.3 is 6.03 Å². The van der Waals surface area contributed by atoms with E-state index < -0.39 is 0 Å². The SMILES string of the molecule is CC(=O)n1ccc(CNC(=O)NC[C@H]2CN(Cc3ccc(Cl)c(Cl)c3)CCO2)n1. The lowest BCUT2D eigenvalue weighted by Crippen LogP contribution is -2.48. The van der Waals surface area contributed by atoms with Gasteiger partial charge < -0.3 is 15.4 Å². The van der Waals surface area contributed by atoms with Crippen molar-refractivity contribution >= 4 is 35.1 Å². The van der Waals surface area contributed by atoms with Crippen LogP contribution in [0.15, 0.2) is 30.5 Å². The summed E-state index contributed by atoms with van der Waals surface area (Å²) in [6.45, 7) is 4.89. The molecule has 10 heteroatoms. The van der Waals surface area contributed by atoms with Gasteiger partial charge in [0.15, 0.2) is 0 Å². The molecule has 8 nitrogen and oxygen atoms in total. The van der Waals surface area contributed by atoms with Crippen LogP contribution in [0.3, 0.4) is 0 Å². The molecule has 1 aromatic carbocycles. The van der Waals surface area contributed by atoms with E-state index in [2.05, 4.69) is 20.6 Å². The van der Waals surface area contributed by atoms with Crippen molar-refractivity contribution in [3.05, 3.63) is 51.8 Å². The number of morpholine rings is 1. The van der Waals surface area contributed by atoms with E-state index in [1.165, 1.54) is 11.6 Å². The molecule has 0 radical (unpaired) electrons. The second kappa shape index (κ2) is 10.1. The van der Waals surface area contributed by atoms with E-state index in [1.54, 1.807) is 18.3 Å². The second-order valence-electron chi connectivity index (χ2n) is 6.81. The summed E-state index contributed by atoms with van der Waals surface area (Å²) >= 11 is 12.0. The summed E-state index contributed by atoms with van der Waals surface area (Å²) in [4.78, 5) is 25.5. The maximum Gasteiger partial charge on any atom is 0.315 e. The fourth-order valence-electron chi connectivity index (χ4n) is 3.01. The first-order valence-electron chi connectivity index (χ1n) is 9.26. The molecule has 156 valence electrons. The number of aromatic nitrogens is 2. The Morgan fingerprint density at radius 1 is 1.24 bits per heavy atom. The van der Waals surface area contributed by atoms with E-state index >= 15 is 0 Å². The van der Waals surface area contributed by atoms with Gasteiger partial charge in [-0.1, -0.05) is 29.3 Å². The first-order valence-corrected chi connectivity index (χ1v) is 10.0. The lowest BCUT2D eigenvalue weighted by molar-refractivity contribution is -0.0287. The van der Waals surface area contributed by atoms with Crippen molar-refractivity contribution in [3.8, 4) is 0 Å². The van der Waals surface area contributed by atoms with Crippen LogP contribution in [0, 0.1) is 0 Å². The standard InChI is InChI=1S/C19H23Cl2N5O3/c1-13(27)26-5-4-15(24-26)9-22-19(28)23-10-16-12-25(6-7-29-16)11-14-2-3-17(20)18(21)8-14/h2-5,8,16H,6-7,9-12H2,1H3,(H2,22,23,28)/t16-/m0/s1. The summed E-state index contributed by atoms with van der Waals surface area (Å²) < 4.78 is 6.98. The maximum absolute atomic E-state index is 12.0. The summed E-state index contributed by atoms with van der Waals surface area (Å²) in [5, 5.41) is 10.7. The molecule has 2 heterocycles. The highest BCUT2D eigenvalue weighted by Gasteiger charge is 2.21. The number of amides is 2. The zero-order chi connectivity index (χ0) is 20.8. The molecule has 0 spiro atoms. The molecular weight excluding hydrogens is 417 g/mol. The van der Waals surface area contributed by atoms with Gasteiger partial charge in [-0.05, 0) is 23.8 Å². The van der Waals surface area contributed by atoms with Crippen molar-refractivity contribution in [1.29, 1.82) is 0 Å². The smallest absolute Gasteiger partial charge is 0.315 e. The lowest BCUT2D eigenvalue weighted by Gasteiger charge is -2.33. The van der Waals surface area contributed by atoms with E-state index in [9.17, 15) is 9.59 Å². The van der Waals surface area contributed by atoms with Crippen LogP contribution in [0.4, 0.5) is 4.79 Å². The largest absolute Gasteiger partial charge is 0.374 e. The molecule has 1 aliphatic rings. The second-order valence-corrected chi connectivity index (χ2v) is 7.63. The van der Waals surface area contributed by atoms with Crippen LogP contribution in [-0.4, -0.2) is 59.0 Å². The topological polar surface area (TPSA) is 88.5 Å². The quantitative estimate of drug-likeness (QED) is 0.721. The van der Waals surface area contributed by atoms with Crippen LogP contribution < -0.4 is 10.6 Å². The normalized spacial score (nSPS) is 17.1. The number of halogens is 2. The molecule has 0 unspecified atom stereocenters. The number of carbonyl (C=O) groups is 2.